The SMILES string of the molecule is COCc1ccc(C(=O)N(C)CC(=O)OC)cc1. The average molecular weight is 251 g/mol. The lowest BCUT2D eigenvalue weighted by atomic mass is 10.1. The fourth-order valence-corrected chi connectivity index (χ4v) is 1.46. The summed E-state index contributed by atoms with van der Waals surface area (Å²) >= 11 is 0. The number of ether oxygens (including phenoxy) is 2. The minimum atomic E-state index is -0.443. The second-order valence-electron chi connectivity index (χ2n) is 3.87. The lowest BCUT2D eigenvalue weighted by Gasteiger charge is -2.15. The molecule has 18 heavy (non-hydrogen) atoms. The van der Waals surface area contributed by atoms with Gasteiger partial charge in [0, 0.05) is 19.7 Å². The summed E-state index contributed by atoms with van der Waals surface area (Å²) in [7, 11) is 4.46. The lowest BCUT2D eigenvalue weighted by molar-refractivity contribution is -0.141. The van der Waals surface area contributed by atoms with Crippen LogP contribution < -0.4 is 0 Å². The first-order chi connectivity index (χ1) is 8.58. The Balaban J connectivity index is 2.68. The molecule has 0 saturated carbocycles. The Morgan fingerprint density at radius 3 is 2.28 bits per heavy atom. The second-order valence-corrected chi connectivity index (χ2v) is 3.87. The summed E-state index contributed by atoms with van der Waals surface area (Å²) in [6.07, 6.45) is 0. The zero-order valence-corrected chi connectivity index (χ0v) is 10.8. The molecule has 0 atom stereocenters. The summed E-state index contributed by atoms with van der Waals surface area (Å²) in [5.41, 5.74) is 1.52. The Bertz CT molecular complexity index is 414. The molecule has 5 nitrogen and oxygen atoms in total. The topological polar surface area (TPSA) is 55.8 Å². The molecule has 0 aliphatic heterocycles. The number of esters is 1. The molecule has 1 aromatic carbocycles. The van der Waals surface area contributed by atoms with Crippen LogP contribution >= 0.6 is 0 Å². The van der Waals surface area contributed by atoms with Gasteiger partial charge in [0.2, 0.25) is 0 Å². The molecule has 1 rings (SSSR count). The van der Waals surface area contributed by atoms with E-state index in [9.17, 15) is 9.59 Å². The van der Waals surface area contributed by atoms with Crippen molar-refractivity contribution in [3.05, 3.63) is 35.4 Å². The molecule has 1 aromatic rings. The summed E-state index contributed by atoms with van der Waals surface area (Å²) < 4.78 is 9.49. The third-order valence-electron chi connectivity index (χ3n) is 2.45. The maximum absolute atomic E-state index is 12.0. The van der Waals surface area contributed by atoms with Crippen LogP contribution in [0.2, 0.25) is 0 Å². The van der Waals surface area contributed by atoms with Gasteiger partial charge in [0.15, 0.2) is 0 Å². The minimum Gasteiger partial charge on any atom is -0.468 e. The Kier molecular flexibility index (Phi) is 5.32. The van der Waals surface area contributed by atoms with E-state index >= 15 is 0 Å². The Morgan fingerprint density at radius 2 is 1.78 bits per heavy atom. The Morgan fingerprint density at radius 1 is 1.17 bits per heavy atom. The largest absolute Gasteiger partial charge is 0.468 e. The van der Waals surface area contributed by atoms with Crippen molar-refractivity contribution in [3.63, 3.8) is 0 Å². The minimum absolute atomic E-state index is 0.0604. The summed E-state index contributed by atoms with van der Waals surface area (Å²) in [5, 5.41) is 0. The molecule has 0 radical (unpaired) electrons. The van der Waals surface area contributed by atoms with E-state index in [1.54, 1.807) is 26.3 Å². The van der Waals surface area contributed by atoms with Gasteiger partial charge >= 0.3 is 5.97 Å². The number of benzene rings is 1. The van der Waals surface area contributed by atoms with Crippen molar-refractivity contribution in [2.24, 2.45) is 0 Å². The second kappa shape index (κ2) is 6.76. The number of hydrogen-bond donors (Lipinski definition) is 0. The van der Waals surface area contributed by atoms with Crippen LogP contribution in [-0.2, 0) is 20.9 Å². The molecule has 0 fully saturated rings. The zero-order valence-electron chi connectivity index (χ0n) is 10.8. The molecule has 0 spiro atoms. The first-order valence-electron chi connectivity index (χ1n) is 5.48. The first kappa shape index (κ1) is 14.2. The highest BCUT2D eigenvalue weighted by atomic mass is 16.5. The van der Waals surface area contributed by atoms with Crippen LogP contribution in [0.15, 0.2) is 24.3 Å². The van der Waals surface area contributed by atoms with Gasteiger partial charge in [0.05, 0.1) is 13.7 Å². The third-order valence-corrected chi connectivity index (χ3v) is 2.45. The monoisotopic (exact) mass is 251 g/mol. The van der Waals surface area contributed by atoms with Crippen molar-refractivity contribution in [3.8, 4) is 0 Å². The highest BCUT2D eigenvalue weighted by Crippen LogP contribution is 2.07. The molecule has 0 aliphatic rings. The standard InChI is InChI=1S/C13H17NO4/c1-14(8-12(15)18-3)13(16)11-6-4-10(5-7-11)9-17-2/h4-7H,8-9H2,1-3H3. The van der Waals surface area contributed by atoms with Gasteiger partial charge in [-0.2, -0.15) is 0 Å². The van der Waals surface area contributed by atoms with Gasteiger partial charge in [-0.3, -0.25) is 9.59 Å². The van der Waals surface area contributed by atoms with Crippen LogP contribution in [0.1, 0.15) is 15.9 Å². The highest BCUT2D eigenvalue weighted by Gasteiger charge is 2.14. The number of methoxy groups -OCH3 is 2. The molecule has 0 aliphatic carbocycles. The molecule has 0 aromatic heterocycles. The number of carbonyl (C=O) groups is 2. The number of carbonyl (C=O) groups excluding carboxylic acids is 2. The van der Waals surface area contributed by atoms with E-state index in [-0.39, 0.29) is 12.5 Å². The summed E-state index contributed by atoms with van der Waals surface area (Å²) in [6, 6.07) is 7.07. The Labute approximate surface area is 106 Å². The smallest absolute Gasteiger partial charge is 0.325 e. The van der Waals surface area contributed by atoms with Gasteiger partial charge in [-0.05, 0) is 17.7 Å². The molecule has 0 unspecified atom stereocenters. The predicted molar refractivity (Wildman–Crippen MR) is 66.1 cm³/mol. The van der Waals surface area contributed by atoms with Gasteiger partial charge in [-0.25, -0.2) is 0 Å². The molecular weight excluding hydrogens is 234 g/mol. The van der Waals surface area contributed by atoms with Crippen LogP contribution in [0.4, 0.5) is 0 Å². The number of rotatable bonds is 5. The molecule has 5 heteroatoms. The molecule has 0 bridgehead atoms. The van der Waals surface area contributed by atoms with Gasteiger partial charge in [0.25, 0.3) is 5.91 Å². The maximum Gasteiger partial charge on any atom is 0.325 e. The van der Waals surface area contributed by atoms with Crippen molar-refractivity contribution >= 4 is 11.9 Å². The van der Waals surface area contributed by atoms with E-state index in [0.29, 0.717) is 12.2 Å². The third kappa shape index (κ3) is 3.85. The molecule has 1 amide bonds. The van der Waals surface area contributed by atoms with E-state index in [4.69, 9.17) is 4.74 Å². The number of amides is 1. The fraction of sp³-hybridized carbons (Fsp3) is 0.385. The van der Waals surface area contributed by atoms with Crippen LogP contribution in [-0.4, -0.2) is 44.6 Å². The van der Waals surface area contributed by atoms with E-state index < -0.39 is 5.97 Å². The molecule has 0 saturated heterocycles. The molecule has 98 valence electrons. The lowest BCUT2D eigenvalue weighted by Crippen LogP contribution is -2.32. The maximum atomic E-state index is 12.0. The number of hydrogen-bond acceptors (Lipinski definition) is 4. The first-order valence-corrected chi connectivity index (χ1v) is 5.48. The molecule has 0 heterocycles. The molecule has 0 N–H and O–H groups in total. The van der Waals surface area contributed by atoms with Crippen molar-refractivity contribution < 1.29 is 19.1 Å². The van der Waals surface area contributed by atoms with E-state index in [0.717, 1.165) is 5.56 Å². The summed E-state index contributed by atoms with van der Waals surface area (Å²) in [5.74, 6) is -0.661. The number of likely N-dealkylation sites (N-methyl/N-ethyl adjacent to an activating group) is 1. The van der Waals surface area contributed by atoms with Crippen LogP contribution in [0.25, 0.3) is 0 Å². The zero-order chi connectivity index (χ0) is 13.5. The van der Waals surface area contributed by atoms with Gasteiger partial charge in [0.1, 0.15) is 6.54 Å². The van der Waals surface area contributed by atoms with Crippen molar-refractivity contribution in [2.75, 3.05) is 27.8 Å². The van der Waals surface area contributed by atoms with Crippen molar-refractivity contribution in [2.45, 2.75) is 6.61 Å². The highest BCUT2D eigenvalue weighted by molar-refractivity contribution is 5.95. The van der Waals surface area contributed by atoms with Gasteiger partial charge in [-0.15, -0.1) is 0 Å². The van der Waals surface area contributed by atoms with Crippen molar-refractivity contribution in [1.29, 1.82) is 0 Å². The normalized spacial score (nSPS) is 9.94. The van der Waals surface area contributed by atoms with Crippen molar-refractivity contribution in [1.82, 2.24) is 4.90 Å². The Hall–Kier alpha value is -1.88. The van der Waals surface area contributed by atoms with E-state index in [1.165, 1.54) is 12.0 Å². The van der Waals surface area contributed by atoms with Gasteiger partial charge < -0.3 is 14.4 Å². The van der Waals surface area contributed by atoms with Crippen LogP contribution in [0.3, 0.4) is 0 Å². The average Bonchev–Trinajstić information content (AvgIpc) is 2.39. The van der Waals surface area contributed by atoms with Crippen LogP contribution in [0.5, 0.6) is 0 Å². The number of nitrogens with zero attached hydrogens (tertiary/aromatic N) is 1. The summed E-state index contributed by atoms with van der Waals surface area (Å²) in [4.78, 5) is 24.3. The quantitative estimate of drug-likeness (QED) is 0.735. The van der Waals surface area contributed by atoms with E-state index in [2.05, 4.69) is 4.74 Å². The molecular formula is C13H17NO4. The fourth-order valence-electron chi connectivity index (χ4n) is 1.46. The van der Waals surface area contributed by atoms with Gasteiger partial charge in [-0.1, -0.05) is 12.1 Å². The van der Waals surface area contributed by atoms with Crippen LogP contribution in [0, 0.1) is 0 Å². The summed E-state index contributed by atoms with van der Waals surface area (Å²) in [6.45, 7) is 0.446. The van der Waals surface area contributed by atoms with E-state index in [1.807, 2.05) is 12.1 Å². The predicted octanol–water partition coefficient (Wildman–Crippen LogP) is 1.08.